The molecule has 0 amide bonds. The zero-order valence-electron chi connectivity index (χ0n) is 9.31. The van der Waals surface area contributed by atoms with Crippen LogP contribution < -0.4 is 10.8 Å². The monoisotopic (exact) mass is 234 g/mol. The lowest BCUT2D eigenvalue weighted by molar-refractivity contribution is 0.0692. The second-order valence-corrected chi connectivity index (χ2v) is 4.62. The van der Waals surface area contributed by atoms with E-state index < -0.39 is 5.97 Å². The van der Waals surface area contributed by atoms with Gasteiger partial charge in [0.1, 0.15) is 11.1 Å². The summed E-state index contributed by atoms with van der Waals surface area (Å²) < 4.78 is 1.74. The number of hydrogen-bond acceptors (Lipinski definition) is 4. The zero-order chi connectivity index (χ0) is 12.0. The first-order valence-electron chi connectivity index (χ1n) is 5.84. The quantitative estimate of drug-likeness (QED) is 0.675. The van der Waals surface area contributed by atoms with Crippen LogP contribution in [0.5, 0.6) is 0 Å². The van der Waals surface area contributed by atoms with Crippen molar-refractivity contribution in [3.63, 3.8) is 0 Å². The molecule has 1 aliphatic carbocycles. The molecular weight excluding hydrogens is 220 g/mol. The SMILES string of the molecule is N=c1c(C(=O)O)cnc2n1C1CCCCC1N2. The van der Waals surface area contributed by atoms with Crippen LogP contribution in [0.4, 0.5) is 5.95 Å². The number of fused-ring (bicyclic) bond motifs is 3. The Balaban J connectivity index is 2.13. The molecule has 3 rings (SSSR count). The number of carboxylic acid groups (broad SMARTS) is 1. The molecule has 2 heterocycles. The van der Waals surface area contributed by atoms with E-state index in [1.54, 1.807) is 4.57 Å². The molecule has 0 radical (unpaired) electrons. The number of rotatable bonds is 1. The maximum Gasteiger partial charge on any atom is 0.341 e. The first kappa shape index (κ1) is 10.3. The van der Waals surface area contributed by atoms with E-state index in [2.05, 4.69) is 10.3 Å². The highest BCUT2D eigenvalue weighted by Crippen LogP contribution is 2.35. The maximum atomic E-state index is 11.0. The average Bonchev–Trinajstić information content (AvgIpc) is 2.67. The normalized spacial score (nSPS) is 25.9. The van der Waals surface area contributed by atoms with Gasteiger partial charge < -0.3 is 10.4 Å². The summed E-state index contributed by atoms with van der Waals surface area (Å²) in [4.78, 5) is 15.1. The summed E-state index contributed by atoms with van der Waals surface area (Å²) in [5, 5.41) is 20.3. The standard InChI is InChI=1S/C11H14N4O2/c12-9-6(10(16)17)5-13-11-14-7-3-1-2-4-8(7)15(9)11/h5,7-8,12H,1-4H2,(H,13,14)(H,16,17). The van der Waals surface area contributed by atoms with Crippen molar-refractivity contribution in [1.82, 2.24) is 9.55 Å². The van der Waals surface area contributed by atoms with Crippen LogP contribution in [-0.4, -0.2) is 26.7 Å². The minimum absolute atomic E-state index is 0.0261. The van der Waals surface area contributed by atoms with Gasteiger partial charge in [-0.05, 0) is 12.8 Å². The Hall–Kier alpha value is -1.85. The van der Waals surface area contributed by atoms with Crippen LogP contribution in [0, 0.1) is 5.41 Å². The molecule has 1 aromatic heterocycles. The third kappa shape index (κ3) is 1.44. The molecule has 2 atom stereocenters. The van der Waals surface area contributed by atoms with E-state index in [-0.39, 0.29) is 17.1 Å². The predicted molar refractivity (Wildman–Crippen MR) is 60.0 cm³/mol. The molecule has 1 fully saturated rings. The van der Waals surface area contributed by atoms with E-state index in [0.717, 1.165) is 19.3 Å². The number of carbonyl (C=O) groups is 1. The fourth-order valence-electron chi connectivity index (χ4n) is 2.83. The molecule has 0 aromatic carbocycles. The highest BCUT2D eigenvalue weighted by Gasteiger charge is 2.35. The van der Waals surface area contributed by atoms with Crippen LogP contribution in [-0.2, 0) is 0 Å². The van der Waals surface area contributed by atoms with E-state index in [4.69, 9.17) is 10.5 Å². The van der Waals surface area contributed by atoms with Gasteiger partial charge in [0.05, 0.1) is 6.04 Å². The first-order chi connectivity index (χ1) is 8.18. The number of nitrogens with zero attached hydrogens (tertiary/aromatic N) is 2. The van der Waals surface area contributed by atoms with Gasteiger partial charge in [0.2, 0.25) is 5.95 Å². The molecule has 6 heteroatoms. The Morgan fingerprint density at radius 2 is 2.29 bits per heavy atom. The Kier molecular flexibility index (Phi) is 2.17. The molecular formula is C11H14N4O2. The minimum atomic E-state index is -1.09. The highest BCUT2D eigenvalue weighted by atomic mass is 16.4. The largest absolute Gasteiger partial charge is 0.477 e. The second-order valence-electron chi connectivity index (χ2n) is 4.62. The van der Waals surface area contributed by atoms with Gasteiger partial charge in [-0.25, -0.2) is 9.78 Å². The van der Waals surface area contributed by atoms with Crippen LogP contribution in [0.1, 0.15) is 42.1 Å². The van der Waals surface area contributed by atoms with Crippen molar-refractivity contribution in [3.8, 4) is 0 Å². The fourth-order valence-corrected chi connectivity index (χ4v) is 2.83. The number of aromatic carboxylic acids is 1. The predicted octanol–water partition coefficient (Wildman–Crippen LogP) is 0.970. The lowest BCUT2D eigenvalue weighted by Crippen LogP contribution is -2.32. The van der Waals surface area contributed by atoms with Crippen LogP contribution in [0.3, 0.4) is 0 Å². The molecule has 3 N–H and O–H groups in total. The summed E-state index contributed by atoms with van der Waals surface area (Å²) in [5.41, 5.74) is 0.0335. The molecule has 2 aliphatic rings. The molecule has 0 spiro atoms. The van der Waals surface area contributed by atoms with Crippen molar-refractivity contribution >= 4 is 11.9 Å². The van der Waals surface area contributed by atoms with Crippen molar-refractivity contribution in [3.05, 3.63) is 17.2 Å². The molecule has 1 saturated carbocycles. The summed E-state index contributed by atoms with van der Waals surface area (Å²) >= 11 is 0. The highest BCUT2D eigenvalue weighted by molar-refractivity contribution is 5.86. The molecule has 0 saturated heterocycles. The zero-order valence-corrected chi connectivity index (χ0v) is 9.31. The topological polar surface area (TPSA) is 91.0 Å². The molecule has 2 unspecified atom stereocenters. The van der Waals surface area contributed by atoms with Gasteiger partial charge >= 0.3 is 5.97 Å². The number of hydrogen-bond donors (Lipinski definition) is 3. The van der Waals surface area contributed by atoms with E-state index in [0.29, 0.717) is 12.0 Å². The van der Waals surface area contributed by atoms with Crippen molar-refractivity contribution in [2.24, 2.45) is 0 Å². The minimum Gasteiger partial charge on any atom is -0.477 e. The van der Waals surface area contributed by atoms with Gasteiger partial charge in [-0.2, -0.15) is 0 Å². The van der Waals surface area contributed by atoms with Gasteiger partial charge in [0, 0.05) is 12.2 Å². The first-order valence-corrected chi connectivity index (χ1v) is 5.84. The molecule has 1 aliphatic heterocycles. The fraction of sp³-hybridized carbons (Fsp3) is 0.545. The lowest BCUT2D eigenvalue weighted by Gasteiger charge is -2.25. The van der Waals surface area contributed by atoms with Crippen molar-refractivity contribution < 1.29 is 9.90 Å². The molecule has 6 nitrogen and oxygen atoms in total. The number of aromatic nitrogens is 2. The van der Waals surface area contributed by atoms with Gasteiger partial charge in [-0.3, -0.25) is 9.98 Å². The van der Waals surface area contributed by atoms with Gasteiger partial charge in [0.15, 0.2) is 0 Å². The summed E-state index contributed by atoms with van der Waals surface area (Å²) in [6.07, 6.45) is 5.64. The van der Waals surface area contributed by atoms with Crippen molar-refractivity contribution in [2.45, 2.75) is 37.8 Å². The van der Waals surface area contributed by atoms with Gasteiger partial charge in [-0.1, -0.05) is 12.8 Å². The summed E-state index contributed by atoms with van der Waals surface area (Å²) in [6.45, 7) is 0. The lowest BCUT2D eigenvalue weighted by atomic mass is 9.91. The Bertz CT molecular complexity index is 537. The van der Waals surface area contributed by atoms with E-state index >= 15 is 0 Å². The number of carboxylic acids is 1. The third-order valence-corrected chi connectivity index (χ3v) is 3.65. The molecule has 1 aromatic rings. The number of nitrogens with one attached hydrogen (secondary N) is 2. The average molecular weight is 234 g/mol. The van der Waals surface area contributed by atoms with Gasteiger partial charge in [0.25, 0.3) is 0 Å². The molecule has 17 heavy (non-hydrogen) atoms. The van der Waals surface area contributed by atoms with Crippen molar-refractivity contribution in [2.75, 3.05) is 5.32 Å². The van der Waals surface area contributed by atoms with E-state index in [9.17, 15) is 4.79 Å². The second kappa shape index (κ2) is 3.58. The van der Waals surface area contributed by atoms with Crippen LogP contribution >= 0.6 is 0 Å². The smallest absolute Gasteiger partial charge is 0.341 e. The van der Waals surface area contributed by atoms with E-state index in [1.165, 1.54) is 12.6 Å². The van der Waals surface area contributed by atoms with Gasteiger partial charge in [-0.15, -0.1) is 0 Å². The Labute approximate surface area is 97.8 Å². The molecule has 0 bridgehead atoms. The van der Waals surface area contributed by atoms with Crippen molar-refractivity contribution in [1.29, 1.82) is 5.41 Å². The maximum absolute atomic E-state index is 11.0. The van der Waals surface area contributed by atoms with Crippen LogP contribution in [0.2, 0.25) is 0 Å². The number of anilines is 1. The van der Waals surface area contributed by atoms with Crippen LogP contribution in [0.15, 0.2) is 6.20 Å². The summed E-state index contributed by atoms with van der Waals surface area (Å²) in [5.74, 6) is -0.450. The van der Waals surface area contributed by atoms with Crippen LogP contribution in [0.25, 0.3) is 0 Å². The Morgan fingerprint density at radius 1 is 1.53 bits per heavy atom. The molecule has 90 valence electrons. The summed E-state index contributed by atoms with van der Waals surface area (Å²) in [7, 11) is 0. The summed E-state index contributed by atoms with van der Waals surface area (Å²) in [6, 6.07) is 0.502. The Morgan fingerprint density at radius 3 is 3.06 bits per heavy atom. The third-order valence-electron chi connectivity index (χ3n) is 3.65. The van der Waals surface area contributed by atoms with E-state index in [1.807, 2.05) is 0 Å².